The maximum atomic E-state index is 12.0. The predicted octanol–water partition coefficient (Wildman–Crippen LogP) is 2.09. The number of aromatic nitrogens is 2. The quantitative estimate of drug-likeness (QED) is 0.765. The third-order valence-corrected chi connectivity index (χ3v) is 3.28. The average molecular weight is 270 g/mol. The van der Waals surface area contributed by atoms with Crippen molar-refractivity contribution in [3.05, 3.63) is 58.5 Å². The molecule has 20 heavy (non-hydrogen) atoms. The van der Waals surface area contributed by atoms with Gasteiger partial charge in [0.05, 0.1) is 24.7 Å². The van der Waals surface area contributed by atoms with E-state index in [9.17, 15) is 9.90 Å². The van der Waals surface area contributed by atoms with E-state index in [1.807, 2.05) is 24.3 Å². The van der Waals surface area contributed by atoms with Gasteiger partial charge in [-0.05, 0) is 18.2 Å². The molecule has 2 N–H and O–H groups in total. The summed E-state index contributed by atoms with van der Waals surface area (Å²) in [6, 6.07) is 12.4. The number of nitrogens with zero attached hydrogens (tertiary/aromatic N) is 1. The van der Waals surface area contributed by atoms with Crippen molar-refractivity contribution in [3.8, 4) is 11.5 Å². The number of methoxy groups -OCH3 is 1. The molecule has 2 aromatic carbocycles. The smallest absolute Gasteiger partial charge is 0.326 e. The summed E-state index contributed by atoms with van der Waals surface area (Å²) in [4.78, 5) is 14.8. The molecule has 0 spiro atoms. The Morgan fingerprint density at radius 2 is 2.05 bits per heavy atom. The standard InChI is InChI=1S/C15H14N2O3/c1-20-14-5-3-2-4-10(14)9-17-13-7-6-11(18)8-12(13)16-15(17)19/h2-8,18H,9H2,1H3,(H,16,19). The predicted molar refractivity (Wildman–Crippen MR) is 76.3 cm³/mol. The van der Waals surface area contributed by atoms with E-state index < -0.39 is 0 Å². The fourth-order valence-electron chi connectivity index (χ4n) is 2.31. The summed E-state index contributed by atoms with van der Waals surface area (Å²) in [5.74, 6) is 0.871. The minimum atomic E-state index is -0.212. The summed E-state index contributed by atoms with van der Waals surface area (Å²) in [6.45, 7) is 0.410. The van der Waals surface area contributed by atoms with Crippen molar-refractivity contribution in [2.45, 2.75) is 6.54 Å². The van der Waals surface area contributed by atoms with Crippen LogP contribution in [-0.2, 0) is 6.54 Å². The van der Waals surface area contributed by atoms with Crippen molar-refractivity contribution >= 4 is 11.0 Å². The van der Waals surface area contributed by atoms with Crippen LogP contribution in [0.15, 0.2) is 47.3 Å². The molecule has 0 fully saturated rings. The third-order valence-electron chi connectivity index (χ3n) is 3.28. The maximum absolute atomic E-state index is 12.0. The van der Waals surface area contributed by atoms with Crippen molar-refractivity contribution in [1.29, 1.82) is 0 Å². The summed E-state index contributed by atoms with van der Waals surface area (Å²) in [5.41, 5.74) is 2.08. The summed E-state index contributed by atoms with van der Waals surface area (Å²) in [7, 11) is 1.61. The Morgan fingerprint density at radius 3 is 2.85 bits per heavy atom. The molecule has 5 heteroatoms. The number of rotatable bonds is 3. The number of fused-ring (bicyclic) bond motifs is 1. The molecule has 1 aromatic heterocycles. The second kappa shape index (κ2) is 4.77. The highest BCUT2D eigenvalue weighted by Crippen LogP contribution is 2.21. The second-order valence-corrected chi connectivity index (χ2v) is 4.53. The van der Waals surface area contributed by atoms with Crippen LogP contribution in [0.1, 0.15) is 5.56 Å². The van der Waals surface area contributed by atoms with Crippen LogP contribution in [0.3, 0.4) is 0 Å². The first-order valence-electron chi connectivity index (χ1n) is 6.22. The summed E-state index contributed by atoms with van der Waals surface area (Å²) in [5, 5.41) is 9.45. The highest BCUT2D eigenvalue weighted by Gasteiger charge is 2.10. The van der Waals surface area contributed by atoms with E-state index in [2.05, 4.69) is 4.98 Å². The topological polar surface area (TPSA) is 67.2 Å². The Hall–Kier alpha value is -2.69. The molecule has 5 nitrogen and oxygen atoms in total. The molecule has 1 heterocycles. The molecule has 102 valence electrons. The number of para-hydroxylation sites is 1. The molecule has 3 rings (SSSR count). The van der Waals surface area contributed by atoms with Gasteiger partial charge in [-0.3, -0.25) is 4.57 Å². The van der Waals surface area contributed by atoms with E-state index in [4.69, 9.17) is 4.74 Å². The molecule has 0 aliphatic carbocycles. The molecule has 0 saturated carbocycles. The first kappa shape index (κ1) is 12.3. The van der Waals surface area contributed by atoms with E-state index in [-0.39, 0.29) is 11.4 Å². The van der Waals surface area contributed by atoms with Crippen molar-refractivity contribution < 1.29 is 9.84 Å². The van der Waals surface area contributed by atoms with Gasteiger partial charge in [-0.1, -0.05) is 18.2 Å². The lowest BCUT2D eigenvalue weighted by atomic mass is 10.2. The summed E-state index contributed by atoms with van der Waals surface area (Å²) in [6.07, 6.45) is 0. The normalized spacial score (nSPS) is 10.8. The van der Waals surface area contributed by atoms with Gasteiger partial charge >= 0.3 is 5.69 Å². The number of phenolic OH excluding ortho intramolecular Hbond substituents is 1. The van der Waals surface area contributed by atoms with Crippen molar-refractivity contribution in [2.24, 2.45) is 0 Å². The Labute approximate surface area is 115 Å². The highest BCUT2D eigenvalue weighted by atomic mass is 16.5. The molecule has 3 aromatic rings. The lowest BCUT2D eigenvalue weighted by molar-refractivity contribution is 0.408. The Bertz CT molecular complexity index is 817. The Kier molecular flexibility index (Phi) is 2.95. The van der Waals surface area contributed by atoms with Crippen LogP contribution in [0.4, 0.5) is 0 Å². The fourth-order valence-corrected chi connectivity index (χ4v) is 2.31. The number of phenols is 1. The zero-order valence-corrected chi connectivity index (χ0v) is 11.0. The van der Waals surface area contributed by atoms with E-state index in [1.54, 1.807) is 23.8 Å². The van der Waals surface area contributed by atoms with Gasteiger partial charge in [-0.15, -0.1) is 0 Å². The number of hydrogen-bond donors (Lipinski definition) is 2. The molecule has 0 bridgehead atoms. The molecule has 0 aliphatic heterocycles. The number of aromatic amines is 1. The first-order valence-corrected chi connectivity index (χ1v) is 6.22. The average Bonchev–Trinajstić information content (AvgIpc) is 2.75. The maximum Gasteiger partial charge on any atom is 0.326 e. The number of hydrogen-bond acceptors (Lipinski definition) is 3. The van der Waals surface area contributed by atoms with Gasteiger partial charge in [-0.25, -0.2) is 4.79 Å². The lowest BCUT2D eigenvalue weighted by Crippen LogP contribution is -2.17. The number of aromatic hydroxyl groups is 1. The SMILES string of the molecule is COc1ccccc1Cn1c(=O)[nH]c2cc(O)ccc21. The fraction of sp³-hybridized carbons (Fsp3) is 0.133. The van der Waals surface area contributed by atoms with E-state index >= 15 is 0 Å². The molecular formula is C15H14N2O3. The Balaban J connectivity index is 2.11. The molecule has 0 amide bonds. The zero-order valence-electron chi connectivity index (χ0n) is 11.0. The van der Waals surface area contributed by atoms with Crippen LogP contribution in [0.25, 0.3) is 11.0 Å². The van der Waals surface area contributed by atoms with Crippen LogP contribution < -0.4 is 10.4 Å². The molecule has 0 aliphatic rings. The monoisotopic (exact) mass is 270 g/mol. The second-order valence-electron chi connectivity index (χ2n) is 4.53. The third kappa shape index (κ3) is 2.03. The number of benzene rings is 2. The number of H-pyrrole nitrogens is 1. The number of imidazole rings is 1. The molecular weight excluding hydrogens is 256 g/mol. The minimum Gasteiger partial charge on any atom is -0.508 e. The van der Waals surface area contributed by atoms with Crippen LogP contribution in [-0.4, -0.2) is 21.8 Å². The highest BCUT2D eigenvalue weighted by molar-refractivity contribution is 5.77. The van der Waals surface area contributed by atoms with E-state index in [0.717, 1.165) is 16.8 Å². The lowest BCUT2D eigenvalue weighted by Gasteiger charge is -2.09. The Morgan fingerprint density at radius 1 is 1.25 bits per heavy atom. The summed E-state index contributed by atoms with van der Waals surface area (Å²) < 4.78 is 6.92. The molecule has 0 saturated heterocycles. The van der Waals surface area contributed by atoms with Crippen LogP contribution in [0.5, 0.6) is 11.5 Å². The van der Waals surface area contributed by atoms with Gasteiger partial charge < -0.3 is 14.8 Å². The molecule has 0 radical (unpaired) electrons. The van der Waals surface area contributed by atoms with Crippen molar-refractivity contribution in [1.82, 2.24) is 9.55 Å². The van der Waals surface area contributed by atoms with Crippen LogP contribution >= 0.6 is 0 Å². The molecule has 0 atom stereocenters. The largest absolute Gasteiger partial charge is 0.508 e. The van der Waals surface area contributed by atoms with Gasteiger partial charge in [0.2, 0.25) is 0 Å². The number of ether oxygens (including phenoxy) is 1. The van der Waals surface area contributed by atoms with Gasteiger partial charge in [-0.2, -0.15) is 0 Å². The van der Waals surface area contributed by atoms with E-state index in [0.29, 0.717) is 12.1 Å². The van der Waals surface area contributed by atoms with E-state index in [1.165, 1.54) is 6.07 Å². The van der Waals surface area contributed by atoms with Gasteiger partial charge in [0.1, 0.15) is 11.5 Å². The number of nitrogens with one attached hydrogen (secondary N) is 1. The van der Waals surface area contributed by atoms with Crippen molar-refractivity contribution in [2.75, 3.05) is 7.11 Å². The van der Waals surface area contributed by atoms with Crippen LogP contribution in [0, 0.1) is 0 Å². The van der Waals surface area contributed by atoms with Gasteiger partial charge in [0, 0.05) is 11.6 Å². The zero-order chi connectivity index (χ0) is 14.1. The molecule has 0 unspecified atom stereocenters. The first-order chi connectivity index (χ1) is 9.69. The van der Waals surface area contributed by atoms with Crippen molar-refractivity contribution in [3.63, 3.8) is 0 Å². The van der Waals surface area contributed by atoms with Crippen LogP contribution in [0.2, 0.25) is 0 Å². The summed E-state index contributed by atoms with van der Waals surface area (Å²) >= 11 is 0. The van der Waals surface area contributed by atoms with Gasteiger partial charge in [0.25, 0.3) is 0 Å². The van der Waals surface area contributed by atoms with Gasteiger partial charge in [0.15, 0.2) is 0 Å². The minimum absolute atomic E-state index is 0.128.